The molecular formula is C23H25N3O4. The number of ether oxygens (including phenoxy) is 1. The number of carbonyl (C=O) groups is 2. The molecule has 0 spiro atoms. The molecule has 0 radical (unpaired) electrons. The molecule has 0 saturated carbocycles. The van der Waals surface area contributed by atoms with Crippen molar-refractivity contribution in [3.05, 3.63) is 60.4 Å². The lowest BCUT2D eigenvalue weighted by Crippen LogP contribution is -2.40. The Bertz CT molecular complexity index is 1020. The fourth-order valence-corrected chi connectivity index (χ4v) is 3.86. The third kappa shape index (κ3) is 4.79. The Labute approximate surface area is 174 Å². The summed E-state index contributed by atoms with van der Waals surface area (Å²) in [7, 11) is 0. The van der Waals surface area contributed by atoms with Crippen LogP contribution in [-0.4, -0.2) is 51.1 Å². The summed E-state index contributed by atoms with van der Waals surface area (Å²) in [5, 5.41) is 9.81. The van der Waals surface area contributed by atoms with Crippen molar-refractivity contribution in [3.63, 3.8) is 0 Å². The van der Waals surface area contributed by atoms with Crippen molar-refractivity contribution in [1.82, 2.24) is 14.5 Å². The fraction of sp³-hybridized carbons (Fsp3) is 0.348. The maximum Gasteiger partial charge on any atom is 0.323 e. The minimum absolute atomic E-state index is 0.113. The number of benzene rings is 1. The van der Waals surface area contributed by atoms with Crippen molar-refractivity contribution in [2.24, 2.45) is 5.92 Å². The number of fused-ring (bicyclic) bond motifs is 1. The molecule has 156 valence electrons. The van der Waals surface area contributed by atoms with Crippen molar-refractivity contribution < 1.29 is 19.4 Å². The second-order valence-corrected chi connectivity index (χ2v) is 7.72. The topological polar surface area (TPSA) is 84.7 Å². The predicted molar refractivity (Wildman–Crippen MR) is 112 cm³/mol. The average molecular weight is 407 g/mol. The Kier molecular flexibility index (Phi) is 5.97. The van der Waals surface area contributed by atoms with Gasteiger partial charge in [0.2, 0.25) is 5.91 Å². The Balaban J connectivity index is 1.26. The van der Waals surface area contributed by atoms with Crippen LogP contribution in [0.25, 0.3) is 11.0 Å². The van der Waals surface area contributed by atoms with E-state index in [1.807, 2.05) is 47.4 Å². The van der Waals surface area contributed by atoms with Crippen molar-refractivity contribution in [2.75, 3.05) is 19.7 Å². The molecule has 1 amide bonds. The van der Waals surface area contributed by atoms with Crippen LogP contribution in [0.2, 0.25) is 0 Å². The van der Waals surface area contributed by atoms with Crippen LogP contribution >= 0.6 is 0 Å². The smallest absolute Gasteiger partial charge is 0.323 e. The molecule has 30 heavy (non-hydrogen) atoms. The van der Waals surface area contributed by atoms with Crippen LogP contribution in [0.1, 0.15) is 18.4 Å². The molecule has 3 aromatic rings. The minimum Gasteiger partial charge on any atom is -0.492 e. The van der Waals surface area contributed by atoms with Crippen LogP contribution in [-0.2, 0) is 22.6 Å². The number of pyridine rings is 1. The Morgan fingerprint density at radius 3 is 2.63 bits per heavy atom. The number of piperidine rings is 1. The van der Waals surface area contributed by atoms with Gasteiger partial charge in [-0.1, -0.05) is 30.3 Å². The van der Waals surface area contributed by atoms with E-state index in [0.717, 1.165) is 36.9 Å². The van der Waals surface area contributed by atoms with E-state index in [2.05, 4.69) is 4.98 Å². The summed E-state index contributed by atoms with van der Waals surface area (Å²) in [6.07, 6.45) is 5.66. The van der Waals surface area contributed by atoms with Crippen LogP contribution in [0.5, 0.6) is 5.75 Å². The summed E-state index contributed by atoms with van der Waals surface area (Å²) < 4.78 is 7.54. The minimum atomic E-state index is -0.900. The number of hydrogen-bond donors (Lipinski definition) is 1. The van der Waals surface area contributed by atoms with Gasteiger partial charge in [-0.25, -0.2) is 4.98 Å². The van der Waals surface area contributed by atoms with Crippen molar-refractivity contribution in [1.29, 1.82) is 0 Å². The normalized spacial score (nSPS) is 14.7. The zero-order valence-corrected chi connectivity index (χ0v) is 16.7. The van der Waals surface area contributed by atoms with Gasteiger partial charge in [0.25, 0.3) is 0 Å². The second-order valence-electron chi connectivity index (χ2n) is 7.72. The first-order valence-electron chi connectivity index (χ1n) is 10.2. The average Bonchev–Trinajstić information content (AvgIpc) is 3.14. The van der Waals surface area contributed by atoms with Gasteiger partial charge in [-0.05, 0) is 36.5 Å². The first-order valence-corrected chi connectivity index (χ1v) is 10.2. The molecule has 1 aromatic carbocycles. The zero-order chi connectivity index (χ0) is 20.9. The second kappa shape index (κ2) is 8.98. The van der Waals surface area contributed by atoms with E-state index in [9.17, 15) is 9.59 Å². The van der Waals surface area contributed by atoms with Gasteiger partial charge in [0.15, 0.2) is 0 Å². The molecule has 0 atom stereocenters. The summed E-state index contributed by atoms with van der Waals surface area (Å²) >= 11 is 0. The number of carboxylic acid groups (broad SMARTS) is 1. The van der Waals surface area contributed by atoms with Crippen LogP contribution in [0.15, 0.2) is 54.9 Å². The van der Waals surface area contributed by atoms with Crippen LogP contribution in [0.4, 0.5) is 0 Å². The zero-order valence-electron chi connectivity index (χ0n) is 16.7. The highest BCUT2D eigenvalue weighted by Crippen LogP contribution is 2.23. The highest BCUT2D eigenvalue weighted by atomic mass is 16.5. The number of carbonyl (C=O) groups excluding carboxylic acids is 1. The van der Waals surface area contributed by atoms with Gasteiger partial charge in [0.1, 0.15) is 17.9 Å². The molecule has 7 nitrogen and oxygen atoms in total. The van der Waals surface area contributed by atoms with Crippen molar-refractivity contribution >= 4 is 22.9 Å². The number of aromatic nitrogens is 2. The van der Waals surface area contributed by atoms with Gasteiger partial charge in [-0.15, -0.1) is 0 Å². The fourth-order valence-electron chi connectivity index (χ4n) is 3.86. The van der Waals surface area contributed by atoms with E-state index in [1.54, 1.807) is 17.0 Å². The molecule has 0 bridgehead atoms. The largest absolute Gasteiger partial charge is 0.492 e. The summed E-state index contributed by atoms with van der Waals surface area (Å²) in [6, 6.07) is 13.6. The molecule has 3 heterocycles. The van der Waals surface area contributed by atoms with Crippen LogP contribution in [0.3, 0.4) is 0 Å². The summed E-state index contributed by atoms with van der Waals surface area (Å²) in [5.74, 6) is 0.362. The molecule has 1 N–H and O–H groups in total. The lowest BCUT2D eigenvalue weighted by atomic mass is 9.97. The van der Waals surface area contributed by atoms with Crippen molar-refractivity contribution in [2.45, 2.75) is 25.8 Å². The van der Waals surface area contributed by atoms with Crippen LogP contribution in [0, 0.1) is 5.92 Å². The monoisotopic (exact) mass is 407 g/mol. The Hall–Kier alpha value is -3.35. The lowest BCUT2D eigenvalue weighted by Gasteiger charge is -2.32. The molecule has 4 rings (SSSR count). The van der Waals surface area contributed by atoms with Gasteiger partial charge < -0.3 is 19.3 Å². The van der Waals surface area contributed by atoms with Gasteiger partial charge in [0.05, 0.1) is 19.2 Å². The molecule has 1 aliphatic rings. The first kappa shape index (κ1) is 19.9. The molecule has 0 unspecified atom stereocenters. The number of rotatable bonds is 7. The number of aliphatic carboxylic acids is 1. The molecule has 1 aliphatic heterocycles. The van der Waals surface area contributed by atoms with Gasteiger partial charge in [-0.3, -0.25) is 9.59 Å². The maximum atomic E-state index is 12.5. The van der Waals surface area contributed by atoms with E-state index < -0.39 is 5.97 Å². The SMILES string of the molecule is O=C(O)Cn1ccc2cc(OCC3CCN(C(=O)Cc4ccccc4)CC3)cnc21. The molecule has 7 heteroatoms. The first-order chi connectivity index (χ1) is 14.6. The van der Waals surface area contributed by atoms with Gasteiger partial charge in [0, 0.05) is 24.7 Å². The molecule has 1 fully saturated rings. The molecular weight excluding hydrogens is 382 g/mol. The van der Waals surface area contributed by atoms with Crippen molar-refractivity contribution in [3.8, 4) is 5.75 Å². The highest BCUT2D eigenvalue weighted by molar-refractivity contribution is 5.79. The van der Waals surface area contributed by atoms with E-state index in [1.165, 1.54) is 0 Å². The number of nitrogens with zero attached hydrogens (tertiary/aromatic N) is 3. The lowest BCUT2D eigenvalue weighted by molar-refractivity contribution is -0.137. The third-order valence-electron chi connectivity index (χ3n) is 5.53. The quantitative estimate of drug-likeness (QED) is 0.651. The number of carboxylic acids is 1. The Morgan fingerprint density at radius 2 is 1.90 bits per heavy atom. The number of hydrogen-bond acceptors (Lipinski definition) is 4. The molecule has 0 aliphatic carbocycles. The van der Waals surface area contributed by atoms with E-state index >= 15 is 0 Å². The Morgan fingerprint density at radius 1 is 1.13 bits per heavy atom. The van der Waals surface area contributed by atoms with E-state index in [4.69, 9.17) is 9.84 Å². The highest BCUT2D eigenvalue weighted by Gasteiger charge is 2.23. The number of likely N-dealkylation sites (tertiary alicyclic amines) is 1. The van der Waals surface area contributed by atoms with Crippen LogP contribution < -0.4 is 4.74 Å². The molecule has 1 saturated heterocycles. The summed E-state index contributed by atoms with van der Waals surface area (Å²) in [6.45, 7) is 1.99. The number of amides is 1. The summed E-state index contributed by atoms with van der Waals surface area (Å²) in [4.78, 5) is 29.7. The van der Waals surface area contributed by atoms with E-state index in [0.29, 0.717) is 30.3 Å². The van der Waals surface area contributed by atoms with E-state index in [-0.39, 0.29) is 12.5 Å². The summed E-state index contributed by atoms with van der Waals surface area (Å²) in [5.41, 5.74) is 1.68. The van der Waals surface area contributed by atoms with Gasteiger partial charge >= 0.3 is 5.97 Å². The van der Waals surface area contributed by atoms with Gasteiger partial charge in [-0.2, -0.15) is 0 Å². The third-order valence-corrected chi connectivity index (χ3v) is 5.53. The standard InChI is InChI=1S/C23H25N3O4/c27-21(12-17-4-2-1-3-5-17)25-9-6-18(7-10-25)16-30-20-13-19-8-11-26(15-22(28)29)23(19)24-14-20/h1-5,8,11,13-14,18H,6-7,9-10,12,15-16H2,(H,28,29). The predicted octanol–water partition coefficient (Wildman–Crippen LogP) is 2.98. The maximum absolute atomic E-state index is 12.5. The molecule has 2 aromatic heterocycles.